The van der Waals surface area contributed by atoms with Gasteiger partial charge in [0, 0.05) is 16.8 Å². The van der Waals surface area contributed by atoms with E-state index >= 15 is 0 Å². The summed E-state index contributed by atoms with van der Waals surface area (Å²) < 4.78 is 0.0337. The molecule has 0 aliphatic heterocycles. The van der Waals surface area contributed by atoms with Gasteiger partial charge in [0.1, 0.15) is 0 Å². The topological polar surface area (TPSA) is 57.6 Å². The second kappa shape index (κ2) is 6.45. The standard InChI is InChI=1S/C13H25NO3S/c1-12(2,3)14(8-7-11(16)17)10(15)9-18-13(4,5)6/h7-9H2,1-6H3,(H,16,17). The molecule has 0 saturated heterocycles. The minimum atomic E-state index is -0.875. The fourth-order valence-corrected chi connectivity index (χ4v) is 2.11. The predicted molar refractivity (Wildman–Crippen MR) is 75.9 cm³/mol. The zero-order valence-electron chi connectivity index (χ0n) is 12.2. The molecule has 18 heavy (non-hydrogen) atoms. The van der Waals surface area contributed by atoms with Gasteiger partial charge in [-0.15, -0.1) is 11.8 Å². The maximum Gasteiger partial charge on any atom is 0.305 e. The van der Waals surface area contributed by atoms with Gasteiger partial charge >= 0.3 is 5.97 Å². The van der Waals surface area contributed by atoms with Gasteiger partial charge < -0.3 is 10.0 Å². The molecule has 0 fully saturated rings. The zero-order valence-corrected chi connectivity index (χ0v) is 13.1. The van der Waals surface area contributed by atoms with Crippen molar-refractivity contribution in [3.63, 3.8) is 0 Å². The number of carboxylic acid groups (broad SMARTS) is 1. The van der Waals surface area contributed by atoms with Crippen LogP contribution in [0.25, 0.3) is 0 Å². The van der Waals surface area contributed by atoms with Gasteiger partial charge in [-0.2, -0.15) is 0 Å². The molecule has 0 radical (unpaired) electrons. The van der Waals surface area contributed by atoms with Gasteiger partial charge in [0.15, 0.2) is 0 Å². The van der Waals surface area contributed by atoms with Gasteiger partial charge in [0.25, 0.3) is 0 Å². The fourth-order valence-electron chi connectivity index (χ4n) is 1.40. The molecular weight excluding hydrogens is 250 g/mol. The van der Waals surface area contributed by atoms with Gasteiger partial charge in [-0.05, 0) is 20.8 Å². The molecule has 5 heteroatoms. The third kappa shape index (κ3) is 7.58. The van der Waals surface area contributed by atoms with Crippen LogP contribution in [-0.2, 0) is 9.59 Å². The Kier molecular flexibility index (Phi) is 6.20. The Morgan fingerprint density at radius 3 is 1.94 bits per heavy atom. The lowest BCUT2D eigenvalue weighted by atomic mass is 10.1. The quantitative estimate of drug-likeness (QED) is 0.838. The largest absolute Gasteiger partial charge is 0.481 e. The molecule has 0 aliphatic carbocycles. The Morgan fingerprint density at radius 2 is 1.61 bits per heavy atom. The van der Waals surface area contributed by atoms with Crippen molar-refractivity contribution in [2.24, 2.45) is 0 Å². The van der Waals surface area contributed by atoms with Gasteiger partial charge in [-0.3, -0.25) is 9.59 Å². The SMILES string of the molecule is CC(C)(C)SCC(=O)N(CCC(=O)O)C(C)(C)C. The number of hydrogen-bond donors (Lipinski definition) is 1. The molecule has 0 aromatic carbocycles. The third-order valence-electron chi connectivity index (χ3n) is 2.29. The number of carboxylic acids is 1. The van der Waals surface area contributed by atoms with Crippen LogP contribution in [0.2, 0.25) is 0 Å². The lowest BCUT2D eigenvalue weighted by Gasteiger charge is -2.36. The summed E-state index contributed by atoms with van der Waals surface area (Å²) in [6.07, 6.45) is -0.0107. The van der Waals surface area contributed by atoms with Crippen LogP contribution >= 0.6 is 11.8 Å². The van der Waals surface area contributed by atoms with Crippen LogP contribution in [0.5, 0.6) is 0 Å². The van der Waals surface area contributed by atoms with E-state index in [2.05, 4.69) is 20.8 Å². The first-order valence-electron chi connectivity index (χ1n) is 6.10. The van der Waals surface area contributed by atoms with E-state index < -0.39 is 5.97 Å². The van der Waals surface area contributed by atoms with Crippen LogP contribution in [0.15, 0.2) is 0 Å². The number of thioether (sulfide) groups is 1. The Morgan fingerprint density at radius 1 is 1.11 bits per heavy atom. The molecule has 0 rings (SSSR count). The smallest absolute Gasteiger partial charge is 0.305 e. The number of carbonyl (C=O) groups is 2. The van der Waals surface area contributed by atoms with Crippen LogP contribution < -0.4 is 0 Å². The highest BCUT2D eigenvalue weighted by Crippen LogP contribution is 2.24. The van der Waals surface area contributed by atoms with E-state index in [0.29, 0.717) is 5.75 Å². The van der Waals surface area contributed by atoms with Crippen molar-refractivity contribution in [2.75, 3.05) is 12.3 Å². The van der Waals surface area contributed by atoms with Crippen LogP contribution in [0.4, 0.5) is 0 Å². The Bertz CT molecular complexity index is 302. The monoisotopic (exact) mass is 275 g/mol. The molecule has 0 aromatic rings. The van der Waals surface area contributed by atoms with E-state index in [1.165, 1.54) is 0 Å². The molecule has 0 saturated carbocycles. The normalized spacial score (nSPS) is 12.3. The average molecular weight is 275 g/mol. The van der Waals surface area contributed by atoms with Crippen molar-refractivity contribution < 1.29 is 14.7 Å². The van der Waals surface area contributed by atoms with E-state index in [-0.39, 0.29) is 29.2 Å². The number of rotatable bonds is 5. The summed E-state index contributed by atoms with van der Waals surface area (Å²) in [7, 11) is 0. The summed E-state index contributed by atoms with van der Waals surface area (Å²) in [4.78, 5) is 24.4. The molecule has 0 spiro atoms. The van der Waals surface area contributed by atoms with Crippen LogP contribution in [0.1, 0.15) is 48.0 Å². The zero-order chi connectivity index (χ0) is 14.6. The number of carbonyl (C=O) groups excluding carboxylic acids is 1. The molecule has 1 N–H and O–H groups in total. The molecule has 0 unspecified atom stereocenters. The average Bonchev–Trinajstić information content (AvgIpc) is 2.11. The summed E-state index contributed by atoms with van der Waals surface area (Å²) in [6, 6.07) is 0. The van der Waals surface area contributed by atoms with E-state index in [9.17, 15) is 9.59 Å². The summed E-state index contributed by atoms with van der Waals surface area (Å²) >= 11 is 1.58. The van der Waals surface area contributed by atoms with E-state index in [4.69, 9.17) is 5.11 Å². The van der Waals surface area contributed by atoms with Crippen LogP contribution in [0, 0.1) is 0 Å². The van der Waals surface area contributed by atoms with Crippen molar-refractivity contribution >= 4 is 23.6 Å². The Labute approximate surface area is 114 Å². The number of aliphatic carboxylic acids is 1. The minimum absolute atomic E-state index is 0.00340. The Balaban J connectivity index is 4.56. The maximum atomic E-state index is 12.2. The van der Waals surface area contributed by atoms with E-state index in [1.54, 1.807) is 16.7 Å². The lowest BCUT2D eigenvalue weighted by molar-refractivity contribution is -0.139. The molecule has 1 amide bonds. The van der Waals surface area contributed by atoms with Crippen molar-refractivity contribution in [3.8, 4) is 0 Å². The first kappa shape index (κ1) is 17.3. The van der Waals surface area contributed by atoms with Gasteiger partial charge in [-0.1, -0.05) is 20.8 Å². The molecule has 0 heterocycles. The number of amides is 1. The molecule has 0 aromatic heterocycles. The highest BCUT2D eigenvalue weighted by Gasteiger charge is 2.27. The van der Waals surface area contributed by atoms with Crippen molar-refractivity contribution in [1.82, 2.24) is 4.90 Å². The van der Waals surface area contributed by atoms with E-state index in [0.717, 1.165) is 0 Å². The molecule has 4 nitrogen and oxygen atoms in total. The first-order chi connectivity index (χ1) is 7.93. The first-order valence-corrected chi connectivity index (χ1v) is 7.08. The molecule has 0 aliphatic rings. The summed E-state index contributed by atoms with van der Waals surface area (Å²) in [5, 5.41) is 8.73. The fraction of sp³-hybridized carbons (Fsp3) is 0.846. The molecular formula is C13H25NO3S. The van der Waals surface area contributed by atoms with Crippen molar-refractivity contribution in [1.29, 1.82) is 0 Å². The minimum Gasteiger partial charge on any atom is -0.481 e. The van der Waals surface area contributed by atoms with Gasteiger partial charge in [0.05, 0.1) is 12.2 Å². The maximum absolute atomic E-state index is 12.2. The van der Waals surface area contributed by atoms with Crippen LogP contribution in [0.3, 0.4) is 0 Å². The predicted octanol–water partition coefficient (Wildman–Crippen LogP) is 2.62. The molecule has 106 valence electrons. The van der Waals surface area contributed by atoms with Gasteiger partial charge in [-0.25, -0.2) is 0 Å². The van der Waals surface area contributed by atoms with E-state index in [1.807, 2.05) is 20.8 Å². The van der Waals surface area contributed by atoms with Crippen molar-refractivity contribution in [3.05, 3.63) is 0 Å². The highest BCUT2D eigenvalue weighted by atomic mass is 32.2. The third-order valence-corrected chi connectivity index (χ3v) is 3.55. The summed E-state index contributed by atoms with van der Waals surface area (Å²) in [5.74, 6) is -0.482. The highest BCUT2D eigenvalue weighted by molar-refractivity contribution is 8.01. The summed E-state index contributed by atoms with van der Waals surface area (Å²) in [6.45, 7) is 12.2. The molecule has 0 bridgehead atoms. The Hall–Kier alpha value is -0.710. The second-order valence-corrected chi connectivity index (χ2v) is 8.06. The number of hydrogen-bond acceptors (Lipinski definition) is 3. The lowest BCUT2D eigenvalue weighted by Crippen LogP contribution is -2.47. The van der Waals surface area contributed by atoms with Crippen molar-refractivity contribution in [2.45, 2.75) is 58.2 Å². The molecule has 0 atom stereocenters. The van der Waals surface area contributed by atoms with Crippen LogP contribution in [-0.4, -0.2) is 44.5 Å². The van der Waals surface area contributed by atoms with Gasteiger partial charge in [0.2, 0.25) is 5.91 Å². The summed E-state index contributed by atoms with van der Waals surface area (Å²) in [5.41, 5.74) is -0.342. The number of nitrogens with zero attached hydrogens (tertiary/aromatic N) is 1. The second-order valence-electron chi connectivity index (χ2n) is 6.26.